The minimum atomic E-state index is -4.29. The summed E-state index contributed by atoms with van der Waals surface area (Å²) in [5.41, 5.74) is 1.12. The van der Waals surface area contributed by atoms with E-state index in [4.69, 9.17) is 16.3 Å². The van der Waals surface area contributed by atoms with E-state index in [2.05, 4.69) is 15.0 Å². The number of hydrogen-bond acceptors (Lipinski definition) is 5. The number of amides is 1. The molecule has 2 aromatic carbocycles. The largest absolute Gasteiger partial charge is 0.465 e. The summed E-state index contributed by atoms with van der Waals surface area (Å²) in [4.78, 5) is 27.1. The molecule has 0 radical (unpaired) electrons. The molecule has 0 aliphatic heterocycles. The van der Waals surface area contributed by atoms with Crippen LogP contribution in [0.4, 0.5) is 15.8 Å². The average molecular weight is 480 g/mol. The molecule has 1 amide bonds. The number of carbonyl (C=O) groups excluding carboxylic acids is 2. The maximum atomic E-state index is 14.0. The van der Waals surface area contributed by atoms with E-state index in [-0.39, 0.29) is 27.7 Å². The molecule has 0 atom stereocenters. The van der Waals surface area contributed by atoms with Crippen molar-refractivity contribution in [3.05, 3.63) is 75.8 Å². The summed E-state index contributed by atoms with van der Waals surface area (Å²) < 4.78 is 46.3. The number of rotatable bonds is 6. The molecule has 1 aromatic heterocycles. The van der Waals surface area contributed by atoms with Crippen molar-refractivity contribution in [1.82, 2.24) is 4.98 Å². The fourth-order valence-corrected chi connectivity index (χ4v) is 4.47. The van der Waals surface area contributed by atoms with E-state index in [9.17, 15) is 22.4 Å². The molecule has 11 heteroatoms. The number of halogens is 2. The van der Waals surface area contributed by atoms with E-state index in [0.29, 0.717) is 11.3 Å². The topological polar surface area (TPSA) is 117 Å². The third kappa shape index (κ3) is 4.61. The Morgan fingerprint density at radius 1 is 1.09 bits per heavy atom. The highest BCUT2D eigenvalue weighted by molar-refractivity contribution is 7.92. The van der Waals surface area contributed by atoms with Crippen molar-refractivity contribution in [3.8, 4) is 0 Å². The molecule has 3 aromatic rings. The number of hydrogen-bond donors (Lipinski definition) is 3. The van der Waals surface area contributed by atoms with Gasteiger partial charge in [-0.1, -0.05) is 23.7 Å². The lowest BCUT2D eigenvalue weighted by molar-refractivity contribution is 0.0599. The number of carbonyl (C=O) groups is 2. The molecule has 0 fully saturated rings. The van der Waals surface area contributed by atoms with Gasteiger partial charge < -0.3 is 15.0 Å². The summed E-state index contributed by atoms with van der Waals surface area (Å²) in [6.45, 7) is 3.19. The maximum absolute atomic E-state index is 14.0. The number of H-pyrrole nitrogens is 1. The van der Waals surface area contributed by atoms with Gasteiger partial charge in [-0.3, -0.25) is 9.52 Å². The van der Waals surface area contributed by atoms with Crippen molar-refractivity contribution in [1.29, 1.82) is 0 Å². The van der Waals surface area contributed by atoms with Gasteiger partial charge in [-0.05, 0) is 49.7 Å². The molecular formula is C21H19ClFN3O5S. The van der Waals surface area contributed by atoms with Gasteiger partial charge in [0.2, 0.25) is 0 Å². The maximum Gasteiger partial charge on any atom is 0.339 e. The minimum Gasteiger partial charge on any atom is -0.465 e. The molecule has 0 unspecified atom stereocenters. The summed E-state index contributed by atoms with van der Waals surface area (Å²) >= 11 is 6.02. The quantitative estimate of drug-likeness (QED) is 0.456. The number of nitrogens with one attached hydrogen (secondary N) is 3. The summed E-state index contributed by atoms with van der Waals surface area (Å²) in [6.07, 6.45) is 0. The molecule has 3 N–H and O–H groups in total. The predicted octanol–water partition coefficient (Wildman–Crippen LogP) is 4.26. The first-order valence-electron chi connectivity index (χ1n) is 9.21. The number of esters is 1. The fraction of sp³-hybridized carbons (Fsp3) is 0.143. The van der Waals surface area contributed by atoms with Crippen molar-refractivity contribution >= 4 is 44.9 Å². The van der Waals surface area contributed by atoms with Crippen LogP contribution in [0.2, 0.25) is 5.02 Å². The van der Waals surface area contributed by atoms with E-state index in [1.54, 1.807) is 13.8 Å². The van der Waals surface area contributed by atoms with Gasteiger partial charge in [0.15, 0.2) is 0 Å². The smallest absolute Gasteiger partial charge is 0.339 e. The third-order valence-corrected chi connectivity index (χ3v) is 6.29. The fourth-order valence-electron chi connectivity index (χ4n) is 3.14. The highest BCUT2D eigenvalue weighted by Crippen LogP contribution is 2.30. The van der Waals surface area contributed by atoms with Crippen molar-refractivity contribution in [2.75, 3.05) is 17.1 Å². The summed E-state index contributed by atoms with van der Waals surface area (Å²) in [5.74, 6) is -2.17. The van der Waals surface area contributed by atoms with Crippen LogP contribution in [-0.2, 0) is 14.8 Å². The second-order valence-corrected chi connectivity index (χ2v) is 8.88. The SMILES string of the molecule is COC(=O)c1c(C)[nH]c(C(=O)Nc2cc(Cl)ccc2NS(=O)(=O)c2ccccc2F)c1C. The third-order valence-electron chi connectivity index (χ3n) is 4.65. The van der Waals surface area contributed by atoms with Gasteiger partial charge in [-0.15, -0.1) is 0 Å². The number of sulfonamides is 1. The highest BCUT2D eigenvalue weighted by Gasteiger charge is 2.24. The lowest BCUT2D eigenvalue weighted by atomic mass is 10.1. The number of aryl methyl sites for hydroxylation is 1. The first kappa shape index (κ1) is 23.3. The van der Waals surface area contributed by atoms with Crippen molar-refractivity contribution in [2.24, 2.45) is 0 Å². The van der Waals surface area contributed by atoms with Gasteiger partial charge in [0.05, 0.1) is 24.0 Å². The van der Waals surface area contributed by atoms with Crippen LogP contribution in [0.1, 0.15) is 32.1 Å². The Morgan fingerprint density at radius 3 is 2.44 bits per heavy atom. The van der Waals surface area contributed by atoms with E-state index in [1.165, 1.54) is 37.4 Å². The monoisotopic (exact) mass is 479 g/mol. The molecule has 0 aliphatic rings. The Morgan fingerprint density at radius 2 is 1.78 bits per heavy atom. The molecule has 0 saturated heterocycles. The van der Waals surface area contributed by atoms with Gasteiger partial charge >= 0.3 is 5.97 Å². The zero-order valence-electron chi connectivity index (χ0n) is 17.2. The molecule has 0 bridgehead atoms. The Balaban J connectivity index is 1.95. The van der Waals surface area contributed by atoms with E-state index < -0.39 is 32.6 Å². The van der Waals surface area contributed by atoms with Gasteiger partial charge in [0, 0.05) is 10.7 Å². The van der Waals surface area contributed by atoms with Crippen LogP contribution < -0.4 is 10.0 Å². The number of aromatic nitrogens is 1. The number of methoxy groups -OCH3 is 1. The van der Waals surface area contributed by atoms with Crippen LogP contribution >= 0.6 is 11.6 Å². The molecule has 0 saturated carbocycles. The Hall–Kier alpha value is -3.37. The first-order chi connectivity index (χ1) is 15.0. The lowest BCUT2D eigenvalue weighted by Gasteiger charge is -2.14. The van der Waals surface area contributed by atoms with E-state index in [0.717, 1.165) is 12.1 Å². The number of benzene rings is 2. The van der Waals surface area contributed by atoms with E-state index >= 15 is 0 Å². The molecule has 1 heterocycles. The molecule has 32 heavy (non-hydrogen) atoms. The van der Waals surface area contributed by atoms with Gasteiger partial charge in [-0.25, -0.2) is 17.6 Å². The molecule has 0 aliphatic carbocycles. The number of anilines is 2. The molecule has 0 spiro atoms. The molecular weight excluding hydrogens is 461 g/mol. The predicted molar refractivity (Wildman–Crippen MR) is 118 cm³/mol. The van der Waals surface area contributed by atoms with Gasteiger partial charge in [0.1, 0.15) is 16.4 Å². The van der Waals surface area contributed by atoms with Gasteiger partial charge in [0.25, 0.3) is 15.9 Å². The Bertz CT molecular complexity index is 1320. The van der Waals surface area contributed by atoms with Crippen LogP contribution in [0.25, 0.3) is 0 Å². The number of aromatic amines is 1. The normalized spacial score (nSPS) is 11.2. The van der Waals surface area contributed by atoms with Crippen LogP contribution in [0.5, 0.6) is 0 Å². The Kier molecular flexibility index (Phi) is 6.56. The molecule has 168 valence electrons. The molecule has 3 rings (SSSR count). The summed E-state index contributed by atoms with van der Waals surface area (Å²) in [6, 6.07) is 8.98. The first-order valence-corrected chi connectivity index (χ1v) is 11.1. The van der Waals surface area contributed by atoms with Crippen LogP contribution in [0, 0.1) is 19.7 Å². The summed E-state index contributed by atoms with van der Waals surface area (Å²) in [5, 5.41) is 2.79. The van der Waals surface area contributed by atoms with Crippen LogP contribution in [0.15, 0.2) is 47.4 Å². The average Bonchev–Trinajstić information content (AvgIpc) is 3.03. The van der Waals surface area contributed by atoms with E-state index in [1.807, 2.05) is 0 Å². The zero-order chi connectivity index (χ0) is 23.6. The van der Waals surface area contributed by atoms with Crippen LogP contribution in [-0.4, -0.2) is 32.4 Å². The standard InChI is InChI=1S/C21H19ClFN3O5S/c1-11-18(21(28)31-3)12(2)24-19(11)20(27)25-16-10-13(22)8-9-15(16)26-32(29,30)17-7-5-4-6-14(17)23/h4-10,24,26H,1-3H3,(H,25,27). The molecule has 8 nitrogen and oxygen atoms in total. The number of ether oxygens (including phenoxy) is 1. The zero-order valence-corrected chi connectivity index (χ0v) is 18.8. The summed E-state index contributed by atoms with van der Waals surface area (Å²) in [7, 11) is -3.06. The second kappa shape index (κ2) is 9.01. The van der Waals surface area contributed by atoms with Crippen molar-refractivity contribution in [2.45, 2.75) is 18.7 Å². The van der Waals surface area contributed by atoms with Crippen molar-refractivity contribution < 1.29 is 27.1 Å². The Labute approximate surface area is 188 Å². The lowest BCUT2D eigenvalue weighted by Crippen LogP contribution is -2.18. The van der Waals surface area contributed by atoms with Gasteiger partial charge in [-0.2, -0.15) is 0 Å². The second-order valence-electron chi connectivity index (χ2n) is 6.80. The minimum absolute atomic E-state index is 0.0277. The van der Waals surface area contributed by atoms with Crippen LogP contribution in [0.3, 0.4) is 0 Å². The highest BCUT2D eigenvalue weighted by atomic mass is 35.5. The van der Waals surface area contributed by atoms with Crippen molar-refractivity contribution in [3.63, 3.8) is 0 Å².